The molecule has 196 valence electrons. The summed E-state index contributed by atoms with van der Waals surface area (Å²) in [5.41, 5.74) is 4.61. The standard InChI is InChI=1S/C30H35NO6/c1-20-23(13-10-14-24(20)22-11-8-7-9-12-22)19-36-26-16-15-21(18-27(26)34-5)17-25(28(32)35-6)31-29(33)37-30(2,3)4/h7-16,18,25H,17,19H2,1-6H3,(H,31,33)/t25-/m0/s1. The molecular weight excluding hydrogens is 470 g/mol. The van der Waals surface area contributed by atoms with Crippen LogP contribution in [0.1, 0.15) is 37.5 Å². The Kier molecular flexibility index (Phi) is 9.17. The maximum Gasteiger partial charge on any atom is 0.408 e. The van der Waals surface area contributed by atoms with Crippen molar-refractivity contribution in [1.29, 1.82) is 0 Å². The molecule has 0 saturated heterocycles. The predicted octanol–water partition coefficient (Wildman–Crippen LogP) is 5.86. The highest BCUT2D eigenvalue weighted by Gasteiger charge is 2.25. The largest absolute Gasteiger partial charge is 0.493 e. The zero-order valence-corrected chi connectivity index (χ0v) is 22.3. The van der Waals surface area contributed by atoms with Crippen LogP contribution in [0.3, 0.4) is 0 Å². The number of ether oxygens (including phenoxy) is 4. The smallest absolute Gasteiger partial charge is 0.408 e. The van der Waals surface area contributed by atoms with Crippen LogP contribution in [0.5, 0.6) is 11.5 Å². The highest BCUT2D eigenvalue weighted by Crippen LogP contribution is 2.31. The maximum absolute atomic E-state index is 12.3. The fourth-order valence-electron chi connectivity index (χ4n) is 3.91. The van der Waals surface area contributed by atoms with Crippen LogP contribution in [0, 0.1) is 6.92 Å². The van der Waals surface area contributed by atoms with Gasteiger partial charge in [-0.1, -0.05) is 54.6 Å². The predicted molar refractivity (Wildman–Crippen MR) is 143 cm³/mol. The molecule has 1 N–H and O–H groups in total. The van der Waals surface area contributed by atoms with E-state index in [1.54, 1.807) is 40.0 Å². The van der Waals surface area contributed by atoms with Gasteiger partial charge in [0, 0.05) is 6.42 Å². The number of amides is 1. The third kappa shape index (κ3) is 7.74. The molecule has 0 aliphatic rings. The first-order valence-electron chi connectivity index (χ1n) is 12.1. The van der Waals surface area contributed by atoms with Crippen LogP contribution in [0.15, 0.2) is 66.7 Å². The summed E-state index contributed by atoms with van der Waals surface area (Å²) in [5.74, 6) is 0.527. The van der Waals surface area contributed by atoms with E-state index in [9.17, 15) is 9.59 Å². The number of carbonyl (C=O) groups excluding carboxylic acids is 2. The van der Waals surface area contributed by atoms with Gasteiger partial charge >= 0.3 is 12.1 Å². The molecule has 0 radical (unpaired) electrons. The Labute approximate surface area is 218 Å². The van der Waals surface area contributed by atoms with Crippen LogP contribution < -0.4 is 14.8 Å². The number of esters is 1. The van der Waals surface area contributed by atoms with Crippen LogP contribution in [-0.2, 0) is 27.3 Å². The average Bonchev–Trinajstić information content (AvgIpc) is 2.87. The summed E-state index contributed by atoms with van der Waals surface area (Å²) in [5, 5.41) is 2.59. The van der Waals surface area contributed by atoms with Gasteiger partial charge in [0.15, 0.2) is 11.5 Å². The molecule has 0 fully saturated rings. The summed E-state index contributed by atoms with van der Waals surface area (Å²) in [6.45, 7) is 7.72. The number of hydrogen-bond acceptors (Lipinski definition) is 6. The van der Waals surface area contributed by atoms with Crippen molar-refractivity contribution >= 4 is 12.1 Å². The lowest BCUT2D eigenvalue weighted by Gasteiger charge is -2.23. The molecule has 0 unspecified atom stereocenters. The third-order valence-electron chi connectivity index (χ3n) is 5.76. The summed E-state index contributed by atoms with van der Waals surface area (Å²) in [6, 6.07) is 20.9. The van der Waals surface area contributed by atoms with E-state index in [2.05, 4.69) is 30.4 Å². The van der Waals surface area contributed by atoms with Crippen molar-refractivity contribution in [2.75, 3.05) is 14.2 Å². The monoisotopic (exact) mass is 505 g/mol. The number of nitrogens with one attached hydrogen (secondary N) is 1. The van der Waals surface area contributed by atoms with Crippen LogP contribution in [0.2, 0.25) is 0 Å². The normalized spacial score (nSPS) is 11.8. The number of rotatable bonds is 9. The van der Waals surface area contributed by atoms with E-state index in [4.69, 9.17) is 18.9 Å². The van der Waals surface area contributed by atoms with Gasteiger partial charge in [0.25, 0.3) is 0 Å². The quantitative estimate of drug-likeness (QED) is 0.367. The van der Waals surface area contributed by atoms with E-state index in [0.29, 0.717) is 18.1 Å². The van der Waals surface area contributed by atoms with Gasteiger partial charge in [0.05, 0.1) is 14.2 Å². The van der Waals surface area contributed by atoms with E-state index in [1.165, 1.54) is 7.11 Å². The Hall–Kier alpha value is -4.00. The number of carbonyl (C=O) groups is 2. The van der Waals surface area contributed by atoms with E-state index in [0.717, 1.165) is 27.8 Å². The summed E-state index contributed by atoms with van der Waals surface area (Å²) >= 11 is 0. The molecule has 1 atom stereocenters. The second kappa shape index (κ2) is 12.3. The second-order valence-corrected chi connectivity index (χ2v) is 9.66. The first kappa shape index (κ1) is 27.6. The summed E-state index contributed by atoms with van der Waals surface area (Å²) < 4.78 is 21.8. The molecule has 0 spiro atoms. The highest BCUT2D eigenvalue weighted by molar-refractivity contribution is 5.81. The zero-order valence-electron chi connectivity index (χ0n) is 22.3. The second-order valence-electron chi connectivity index (χ2n) is 9.66. The van der Waals surface area contributed by atoms with Gasteiger partial charge in [-0.2, -0.15) is 0 Å². The fraction of sp³-hybridized carbons (Fsp3) is 0.333. The number of benzene rings is 3. The Morgan fingerprint density at radius 3 is 2.30 bits per heavy atom. The molecule has 0 saturated carbocycles. The average molecular weight is 506 g/mol. The van der Waals surface area contributed by atoms with Gasteiger partial charge < -0.3 is 24.3 Å². The van der Waals surface area contributed by atoms with Crippen molar-refractivity contribution in [3.63, 3.8) is 0 Å². The molecule has 1 amide bonds. The van der Waals surface area contributed by atoms with Crippen molar-refractivity contribution in [2.45, 2.75) is 52.4 Å². The van der Waals surface area contributed by atoms with E-state index >= 15 is 0 Å². The van der Waals surface area contributed by atoms with Crippen LogP contribution >= 0.6 is 0 Å². The minimum absolute atomic E-state index is 0.195. The molecule has 7 nitrogen and oxygen atoms in total. The number of hydrogen-bond donors (Lipinski definition) is 1. The Morgan fingerprint density at radius 1 is 0.919 bits per heavy atom. The lowest BCUT2D eigenvalue weighted by atomic mass is 9.97. The van der Waals surface area contributed by atoms with Crippen molar-refractivity contribution in [3.8, 4) is 22.6 Å². The first-order chi connectivity index (χ1) is 17.6. The van der Waals surface area contributed by atoms with Crippen LogP contribution in [0.25, 0.3) is 11.1 Å². The van der Waals surface area contributed by atoms with E-state index in [-0.39, 0.29) is 6.42 Å². The third-order valence-corrected chi connectivity index (χ3v) is 5.76. The fourth-order valence-corrected chi connectivity index (χ4v) is 3.91. The minimum Gasteiger partial charge on any atom is -0.493 e. The minimum atomic E-state index is -0.917. The molecule has 0 aromatic heterocycles. The zero-order chi connectivity index (χ0) is 27.0. The molecule has 3 aromatic carbocycles. The SMILES string of the molecule is COC(=O)[C@H](Cc1ccc(OCc2cccc(-c3ccccc3)c2C)c(OC)c1)NC(=O)OC(C)(C)C. The molecule has 37 heavy (non-hydrogen) atoms. The maximum atomic E-state index is 12.3. The first-order valence-corrected chi connectivity index (χ1v) is 12.1. The molecule has 0 aliphatic carbocycles. The van der Waals surface area contributed by atoms with Crippen molar-refractivity contribution in [2.24, 2.45) is 0 Å². The number of alkyl carbamates (subject to hydrolysis) is 1. The molecule has 0 heterocycles. The molecule has 3 rings (SSSR count). The van der Waals surface area contributed by atoms with Gasteiger partial charge in [-0.25, -0.2) is 9.59 Å². The summed E-state index contributed by atoms with van der Waals surface area (Å²) in [6.07, 6.45) is -0.497. The number of methoxy groups -OCH3 is 2. The molecule has 0 aliphatic heterocycles. The molecule has 0 bridgehead atoms. The molecular formula is C30H35NO6. The lowest BCUT2D eigenvalue weighted by Crippen LogP contribution is -2.45. The highest BCUT2D eigenvalue weighted by atomic mass is 16.6. The van der Waals surface area contributed by atoms with Crippen LogP contribution in [-0.4, -0.2) is 37.9 Å². The Bertz CT molecular complexity index is 1220. The van der Waals surface area contributed by atoms with E-state index in [1.807, 2.05) is 36.4 Å². The van der Waals surface area contributed by atoms with Gasteiger partial charge in [-0.3, -0.25) is 0 Å². The van der Waals surface area contributed by atoms with Gasteiger partial charge in [-0.05, 0) is 67.6 Å². The van der Waals surface area contributed by atoms with Crippen molar-refractivity contribution in [1.82, 2.24) is 5.32 Å². The van der Waals surface area contributed by atoms with Crippen molar-refractivity contribution < 1.29 is 28.5 Å². The molecule has 7 heteroatoms. The van der Waals surface area contributed by atoms with Crippen LogP contribution in [0.4, 0.5) is 4.79 Å². The van der Waals surface area contributed by atoms with Gasteiger partial charge in [0.1, 0.15) is 18.2 Å². The Balaban J connectivity index is 1.74. The lowest BCUT2D eigenvalue weighted by molar-refractivity contribution is -0.143. The van der Waals surface area contributed by atoms with Gasteiger partial charge in [-0.15, -0.1) is 0 Å². The summed E-state index contributed by atoms with van der Waals surface area (Å²) in [4.78, 5) is 24.5. The van der Waals surface area contributed by atoms with Gasteiger partial charge in [0.2, 0.25) is 0 Å². The molecule has 3 aromatic rings. The topological polar surface area (TPSA) is 83.1 Å². The van der Waals surface area contributed by atoms with E-state index < -0.39 is 23.7 Å². The summed E-state index contributed by atoms with van der Waals surface area (Å²) in [7, 11) is 2.84. The Morgan fingerprint density at radius 2 is 1.65 bits per heavy atom. The van der Waals surface area contributed by atoms with Crippen molar-refractivity contribution in [3.05, 3.63) is 83.4 Å².